The zero-order chi connectivity index (χ0) is 18.1. The molecular weight excluding hydrogens is 443 g/mol. The Morgan fingerprint density at radius 3 is 2.62 bits per heavy atom. The summed E-state index contributed by atoms with van der Waals surface area (Å²) in [5, 5.41) is 12.8. The van der Waals surface area contributed by atoms with Gasteiger partial charge in [-0.2, -0.15) is 0 Å². The molecule has 2 rings (SSSR count). The first-order valence-electron chi connectivity index (χ1n) is 10.1. The molecule has 0 saturated carbocycles. The molecule has 2 saturated heterocycles. The van der Waals surface area contributed by atoms with Crippen LogP contribution in [0.2, 0.25) is 0 Å². The normalized spacial score (nSPS) is 23.2. The lowest BCUT2D eigenvalue weighted by Gasteiger charge is -2.32. The van der Waals surface area contributed by atoms with Gasteiger partial charge in [0.25, 0.3) is 0 Å². The van der Waals surface area contributed by atoms with Crippen LogP contribution in [0.3, 0.4) is 0 Å². The predicted molar refractivity (Wildman–Crippen MR) is 118 cm³/mol. The third kappa shape index (κ3) is 7.86. The highest BCUT2D eigenvalue weighted by Gasteiger charge is 2.30. The maximum atomic E-state index is 9.32. The lowest BCUT2D eigenvalue weighted by atomic mass is 9.94. The third-order valence-corrected chi connectivity index (χ3v) is 5.20. The second-order valence-corrected chi connectivity index (χ2v) is 7.74. The lowest BCUT2D eigenvalue weighted by Crippen LogP contribution is -2.46. The predicted octanol–water partition coefficient (Wildman–Crippen LogP) is 2.02. The van der Waals surface area contributed by atoms with Gasteiger partial charge in [-0.1, -0.05) is 13.8 Å². The van der Waals surface area contributed by atoms with Crippen molar-refractivity contribution in [1.29, 1.82) is 0 Å². The summed E-state index contributed by atoms with van der Waals surface area (Å²) in [4.78, 5) is 9.91. The molecule has 2 heterocycles. The quantitative estimate of drug-likeness (QED) is 0.315. The molecule has 2 atom stereocenters. The summed E-state index contributed by atoms with van der Waals surface area (Å²) in [6, 6.07) is 0.622. The van der Waals surface area contributed by atoms with Crippen LogP contribution in [0.1, 0.15) is 40.0 Å². The van der Waals surface area contributed by atoms with Crippen molar-refractivity contribution in [2.75, 3.05) is 59.1 Å². The molecule has 2 aliphatic rings. The molecule has 0 aromatic carbocycles. The van der Waals surface area contributed by atoms with Crippen molar-refractivity contribution in [2.24, 2.45) is 16.8 Å². The van der Waals surface area contributed by atoms with Gasteiger partial charge >= 0.3 is 0 Å². The van der Waals surface area contributed by atoms with Crippen LogP contribution in [0.25, 0.3) is 0 Å². The van der Waals surface area contributed by atoms with Crippen LogP contribution in [-0.4, -0.2) is 86.0 Å². The van der Waals surface area contributed by atoms with Crippen LogP contribution in [-0.2, 0) is 4.74 Å². The SMILES string of the molecule is CCNC(=NCC(CCO)CC(C)C)N1CCC(N2CCOCC2)C1.I. The highest BCUT2D eigenvalue weighted by Crippen LogP contribution is 2.19. The minimum Gasteiger partial charge on any atom is -0.396 e. The summed E-state index contributed by atoms with van der Waals surface area (Å²) in [5.74, 6) is 2.16. The van der Waals surface area contributed by atoms with E-state index in [1.165, 1.54) is 6.42 Å². The van der Waals surface area contributed by atoms with Crippen LogP contribution in [0.4, 0.5) is 0 Å². The Hall–Kier alpha value is -0.120. The molecule has 2 N–H and O–H groups in total. The van der Waals surface area contributed by atoms with E-state index < -0.39 is 0 Å². The van der Waals surface area contributed by atoms with E-state index in [0.717, 1.165) is 71.3 Å². The minimum atomic E-state index is 0. The fraction of sp³-hybridized carbons (Fsp3) is 0.947. The van der Waals surface area contributed by atoms with Gasteiger partial charge in [-0.05, 0) is 38.0 Å². The van der Waals surface area contributed by atoms with Gasteiger partial charge in [0.2, 0.25) is 0 Å². The van der Waals surface area contributed by atoms with E-state index in [0.29, 0.717) is 17.9 Å². The fourth-order valence-electron chi connectivity index (χ4n) is 3.95. The monoisotopic (exact) mass is 482 g/mol. The van der Waals surface area contributed by atoms with E-state index in [9.17, 15) is 5.11 Å². The topological polar surface area (TPSA) is 60.3 Å². The number of aliphatic hydroxyl groups is 1. The van der Waals surface area contributed by atoms with E-state index in [2.05, 4.69) is 35.9 Å². The van der Waals surface area contributed by atoms with Crippen molar-refractivity contribution in [3.8, 4) is 0 Å². The lowest BCUT2D eigenvalue weighted by molar-refractivity contribution is 0.0195. The Bertz CT molecular complexity index is 403. The first kappa shape index (κ1) is 23.9. The standard InChI is InChI=1S/C19H38N4O2.HI/c1-4-20-19(21-14-17(6-10-24)13-16(2)3)23-7-5-18(15-23)22-8-11-25-12-9-22;/h16-18,24H,4-15H2,1-3H3,(H,20,21);1H. The van der Waals surface area contributed by atoms with Gasteiger partial charge in [-0.15, -0.1) is 24.0 Å². The number of hydrogen-bond donors (Lipinski definition) is 2. The molecule has 0 bridgehead atoms. The molecule has 6 nitrogen and oxygen atoms in total. The minimum absolute atomic E-state index is 0. The molecule has 7 heteroatoms. The van der Waals surface area contributed by atoms with Crippen molar-refractivity contribution in [3.05, 3.63) is 0 Å². The highest BCUT2D eigenvalue weighted by atomic mass is 127. The van der Waals surface area contributed by atoms with Gasteiger partial charge in [0.15, 0.2) is 5.96 Å². The summed E-state index contributed by atoms with van der Waals surface area (Å²) in [6.07, 6.45) is 3.17. The second kappa shape index (κ2) is 13.1. The average Bonchev–Trinajstić information content (AvgIpc) is 3.09. The number of likely N-dealkylation sites (tertiary alicyclic amines) is 1. The van der Waals surface area contributed by atoms with E-state index in [4.69, 9.17) is 9.73 Å². The van der Waals surface area contributed by atoms with Crippen molar-refractivity contribution in [3.63, 3.8) is 0 Å². The maximum Gasteiger partial charge on any atom is 0.193 e. The number of guanidine groups is 1. The van der Waals surface area contributed by atoms with Gasteiger partial charge in [0, 0.05) is 51.9 Å². The zero-order valence-corrected chi connectivity index (χ0v) is 19.2. The van der Waals surface area contributed by atoms with E-state index in [1.54, 1.807) is 0 Å². The number of morpholine rings is 1. The summed E-state index contributed by atoms with van der Waals surface area (Å²) < 4.78 is 5.48. The van der Waals surface area contributed by atoms with E-state index in [1.807, 2.05) is 0 Å². The number of ether oxygens (including phenoxy) is 1. The molecule has 0 amide bonds. The van der Waals surface area contributed by atoms with Crippen LogP contribution in [0, 0.1) is 11.8 Å². The third-order valence-electron chi connectivity index (χ3n) is 5.20. The second-order valence-electron chi connectivity index (χ2n) is 7.74. The summed E-state index contributed by atoms with van der Waals surface area (Å²) in [6.45, 7) is 14.5. The average molecular weight is 482 g/mol. The van der Waals surface area contributed by atoms with Crippen molar-refractivity contribution in [1.82, 2.24) is 15.1 Å². The van der Waals surface area contributed by atoms with E-state index in [-0.39, 0.29) is 30.6 Å². The van der Waals surface area contributed by atoms with E-state index >= 15 is 0 Å². The van der Waals surface area contributed by atoms with Gasteiger partial charge in [-0.25, -0.2) is 0 Å². The summed E-state index contributed by atoms with van der Waals surface area (Å²) >= 11 is 0. The van der Waals surface area contributed by atoms with Crippen molar-refractivity contribution in [2.45, 2.75) is 46.1 Å². The van der Waals surface area contributed by atoms with Gasteiger partial charge < -0.3 is 20.1 Å². The highest BCUT2D eigenvalue weighted by molar-refractivity contribution is 14.0. The van der Waals surface area contributed by atoms with Crippen molar-refractivity contribution < 1.29 is 9.84 Å². The largest absolute Gasteiger partial charge is 0.396 e. The number of aliphatic hydroxyl groups excluding tert-OH is 1. The van der Waals surface area contributed by atoms with Gasteiger partial charge in [0.05, 0.1) is 13.2 Å². The Balaban J connectivity index is 0.00000338. The van der Waals surface area contributed by atoms with Crippen LogP contribution in [0.15, 0.2) is 4.99 Å². The van der Waals surface area contributed by atoms with Gasteiger partial charge in [0.1, 0.15) is 0 Å². The first-order valence-corrected chi connectivity index (χ1v) is 10.1. The van der Waals surface area contributed by atoms with Crippen LogP contribution < -0.4 is 5.32 Å². The molecular formula is C19H39IN4O2. The molecule has 2 fully saturated rings. The molecule has 0 spiro atoms. The number of aliphatic imine (C=N–C) groups is 1. The molecule has 2 aliphatic heterocycles. The number of halogens is 1. The number of rotatable bonds is 8. The van der Waals surface area contributed by atoms with Crippen LogP contribution >= 0.6 is 24.0 Å². The Kier molecular flexibility index (Phi) is 12.1. The Morgan fingerprint density at radius 2 is 2.00 bits per heavy atom. The molecule has 26 heavy (non-hydrogen) atoms. The summed E-state index contributed by atoms with van der Waals surface area (Å²) in [7, 11) is 0. The first-order chi connectivity index (χ1) is 12.1. The molecule has 2 unspecified atom stereocenters. The number of nitrogens with zero attached hydrogens (tertiary/aromatic N) is 3. The van der Waals surface area contributed by atoms with Crippen molar-refractivity contribution >= 4 is 29.9 Å². The Morgan fingerprint density at radius 1 is 1.27 bits per heavy atom. The van der Waals surface area contributed by atoms with Gasteiger partial charge in [-0.3, -0.25) is 9.89 Å². The van der Waals surface area contributed by atoms with Crippen LogP contribution in [0.5, 0.6) is 0 Å². The molecule has 0 aromatic heterocycles. The summed E-state index contributed by atoms with van der Waals surface area (Å²) in [5.41, 5.74) is 0. The molecule has 0 radical (unpaired) electrons. The number of nitrogens with one attached hydrogen (secondary N) is 1. The smallest absolute Gasteiger partial charge is 0.193 e. The molecule has 0 aliphatic carbocycles. The maximum absolute atomic E-state index is 9.32. The fourth-order valence-corrected chi connectivity index (χ4v) is 3.95. The molecule has 0 aromatic rings. The number of hydrogen-bond acceptors (Lipinski definition) is 4. The Labute approximate surface area is 176 Å². The molecule has 154 valence electrons. The zero-order valence-electron chi connectivity index (χ0n) is 16.8.